The molecule has 1 atom stereocenters. The molecule has 0 unspecified atom stereocenters. The van der Waals surface area contributed by atoms with Gasteiger partial charge in [0.1, 0.15) is 11.5 Å². The minimum absolute atomic E-state index is 0.0953. The van der Waals surface area contributed by atoms with Gasteiger partial charge < -0.3 is 20.1 Å². The molecule has 10 heteroatoms. The van der Waals surface area contributed by atoms with Crippen LogP contribution in [-0.2, 0) is 9.59 Å². The lowest BCUT2D eigenvalue weighted by Gasteiger charge is -2.19. The number of nitrogens with one attached hydrogen (secondary N) is 2. The number of pyridine rings is 1. The zero-order valence-corrected chi connectivity index (χ0v) is 18.8. The van der Waals surface area contributed by atoms with Crippen LogP contribution in [0.4, 0.5) is 0 Å². The van der Waals surface area contributed by atoms with Crippen molar-refractivity contribution in [3.05, 3.63) is 48.2 Å². The van der Waals surface area contributed by atoms with Gasteiger partial charge in [0.15, 0.2) is 0 Å². The maximum Gasteiger partial charge on any atom is 0.252 e. The number of carbonyl (C=O) groups is 3. The van der Waals surface area contributed by atoms with Gasteiger partial charge in [-0.2, -0.15) is 0 Å². The molecule has 1 aromatic carbocycles. The summed E-state index contributed by atoms with van der Waals surface area (Å²) in [7, 11) is 1.52. The maximum atomic E-state index is 12.5. The van der Waals surface area contributed by atoms with E-state index in [0.29, 0.717) is 34.4 Å². The van der Waals surface area contributed by atoms with E-state index in [1.54, 1.807) is 36.4 Å². The second-order valence-electron chi connectivity index (χ2n) is 7.31. The number of carbonyl (C=O) groups excluding carboxylic acids is 3. The van der Waals surface area contributed by atoms with Crippen molar-refractivity contribution < 1.29 is 29.1 Å². The van der Waals surface area contributed by atoms with E-state index >= 15 is 0 Å². The Labute approximate surface area is 192 Å². The van der Waals surface area contributed by atoms with Gasteiger partial charge in [0.25, 0.3) is 5.91 Å². The normalized spacial score (nSPS) is 11.2. The molecule has 0 aliphatic rings. The van der Waals surface area contributed by atoms with Gasteiger partial charge in [0.05, 0.1) is 32.4 Å². The molecule has 0 aliphatic carbocycles. The van der Waals surface area contributed by atoms with Crippen LogP contribution in [0.15, 0.2) is 42.6 Å². The summed E-state index contributed by atoms with van der Waals surface area (Å²) < 4.78 is 10.7. The van der Waals surface area contributed by atoms with Crippen molar-refractivity contribution in [2.45, 2.75) is 32.6 Å². The number of unbranched alkanes of at least 4 members (excludes halogenated alkanes) is 2. The van der Waals surface area contributed by atoms with Crippen LogP contribution in [-0.4, -0.2) is 53.8 Å². The van der Waals surface area contributed by atoms with E-state index in [0.717, 1.165) is 19.3 Å². The highest BCUT2D eigenvalue weighted by molar-refractivity contribution is 5.94. The predicted octanol–water partition coefficient (Wildman–Crippen LogP) is 2.73. The Morgan fingerprint density at radius 3 is 2.67 bits per heavy atom. The molecule has 3 amide bonds. The average Bonchev–Trinajstić information content (AvgIpc) is 2.83. The molecule has 33 heavy (non-hydrogen) atoms. The first-order valence-corrected chi connectivity index (χ1v) is 10.7. The van der Waals surface area contributed by atoms with Crippen LogP contribution in [0, 0.1) is 5.92 Å². The minimum atomic E-state index is -0.571. The van der Waals surface area contributed by atoms with E-state index in [2.05, 4.69) is 15.6 Å². The van der Waals surface area contributed by atoms with Crippen molar-refractivity contribution in [3.63, 3.8) is 0 Å². The molecule has 0 spiro atoms. The summed E-state index contributed by atoms with van der Waals surface area (Å²) in [6.07, 6.45) is 5.02. The number of ether oxygens (including phenoxy) is 2. The van der Waals surface area contributed by atoms with Crippen molar-refractivity contribution in [2.75, 3.05) is 20.3 Å². The summed E-state index contributed by atoms with van der Waals surface area (Å²) in [6.45, 7) is 1.84. The van der Waals surface area contributed by atoms with E-state index in [1.807, 2.05) is 6.92 Å². The topological polar surface area (TPSA) is 130 Å². The van der Waals surface area contributed by atoms with Crippen molar-refractivity contribution in [1.29, 1.82) is 0 Å². The van der Waals surface area contributed by atoms with Crippen LogP contribution in [0.1, 0.15) is 43.0 Å². The molecule has 0 radical (unpaired) electrons. The number of rotatable bonds is 14. The SMILES string of the molecule is CCCCC[C@H](CN(O)C=O)C(=O)NCNC(=O)c1cccc(Oc2ccc(OC)nc2)c1. The number of amides is 3. The van der Waals surface area contributed by atoms with Crippen LogP contribution in [0.5, 0.6) is 17.4 Å². The largest absolute Gasteiger partial charge is 0.481 e. The molecule has 3 N–H and O–H groups in total. The van der Waals surface area contributed by atoms with Crippen molar-refractivity contribution >= 4 is 18.2 Å². The van der Waals surface area contributed by atoms with Gasteiger partial charge in [0, 0.05) is 11.6 Å². The monoisotopic (exact) mass is 458 g/mol. The highest BCUT2D eigenvalue weighted by Crippen LogP contribution is 2.23. The quantitative estimate of drug-likeness (QED) is 0.130. The summed E-state index contributed by atoms with van der Waals surface area (Å²) in [5.74, 6) is 0.0835. The number of methoxy groups -OCH3 is 1. The van der Waals surface area contributed by atoms with Crippen LogP contribution >= 0.6 is 0 Å². The molecule has 0 fully saturated rings. The molecule has 178 valence electrons. The van der Waals surface area contributed by atoms with Crippen molar-refractivity contribution in [3.8, 4) is 17.4 Å². The minimum Gasteiger partial charge on any atom is -0.481 e. The first-order chi connectivity index (χ1) is 16.0. The van der Waals surface area contributed by atoms with Gasteiger partial charge in [-0.3, -0.25) is 19.6 Å². The Bertz CT molecular complexity index is 906. The number of hydroxylamine groups is 2. The molecule has 0 aliphatic heterocycles. The summed E-state index contributed by atoms with van der Waals surface area (Å²) in [4.78, 5) is 39.7. The molecule has 0 bridgehead atoms. The third-order valence-electron chi connectivity index (χ3n) is 4.82. The fraction of sp³-hybridized carbons (Fsp3) is 0.391. The second kappa shape index (κ2) is 13.7. The zero-order chi connectivity index (χ0) is 24.1. The van der Waals surface area contributed by atoms with E-state index in [-0.39, 0.29) is 25.5 Å². The van der Waals surface area contributed by atoms with Crippen LogP contribution < -0.4 is 20.1 Å². The molecule has 10 nitrogen and oxygen atoms in total. The van der Waals surface area contributed by atoms with Crippen molar-refractivity contribution in [2.24, 2.45) is 5.92 Å². The lowest BCUT2D eigenvalue weighted by atomic mass is 10.0. The standard InChI is InChI=1S/C23H30N4O6/c1-3-4-5-7-18(14-27(31)16-28)23(30)26-15-25-22(29)17-8-6-9-19(12-17)33-20-10-11-21(32-2)24-13-20/h6,8-13,16,18,31H,3-5,7,14-15H2,1-2H3,(H,25,29)(H,26,30)/t18-/m1/s1. The Balaban J connectivity index is 1.88. The van der Waals surface area contributed by atoms with Gasteiger partial charge in [0.2, 0.25) is 18.2 Å². The molecule has 1 aromatic heterocycles. The summed E-state index contributed by atoms with van der Waals surface area (Å²) in [5.41, 5.74) is 0.352. The summed E-state index contributed by atoms with van der Waals surface area (Å²) in [5, 5.41) is 15.2. The molecular formula is C23H30N4O6. The van der Waals surface area contributed by atoms with Crippen LogP contribution in [0.2, 0.25) is 0 Å². The number of hydrogen-bond donors (Lipinski definition) is 3. The third-order valence-corrected chi connectivity index (χ3v) is 4.82. The Hall–Kier alpha value is -3.66. The Morgan fingerprint density at radius 2 is 2.00 bits per heavy atom. The number of aromatic nitrogens is 1. The first kappa shape index (κ1) is 25.6. The van der Waals surface area contributed by atoms with Gasteiger partial charge in [-0.1, -0.05) is 32.3 Å². The molecule has 0 saturated carbocycles. The fourth-order valence-electron chi connectivity index (χ4n) is 3.06. The van der Waals surface area contributed by atoms with E-state index in [1.165, 1.54) is 13.3 Å². The zero-order valence-electron chi connectivity index (χ0n) is 18.8. The second-order valence-corrected chi connectivity index (χ2v) is 7.31. The van der Waals surface area contributed by atoms with Crippen molar-refractivity contribution in [1.82, 2.24) is 20.7 Å². The third kappa shape index (κ3) is 8.77. The predicted molar refractivity (Wildman–Crippen MR) is 120 cm³/mol. The average molecular weight is 459 g/mol. The van der Waals surface area contributed by atoms with Gasteiger partial charge in [-0.05, 0) is 30.7 Å². The molecular weight excluding hydrogens is 428 g/mol. The van der Waals surface area contributed by atoms with Crippen LogP contribution in [0.3, 0.4) is 0 Å². The lowest BCUT2D eigenvalue weighted by molar-refractivity contribution is -0.154. The number of nitrogens with zero attached hydrogens (tertiary/aromatic N) is 2. The van der Waals surface area contributed by atoms with Gasteiger partial charge in [-0.15, -0.1) is 0 Å². The fourth-order valence-corrected chi connectivity index (χ4v) is 3.06. The Kier molecular flexibility index (Phi) is 10.6. The van der Waals surface area contributed by atoms with Gasteiger partial charge in [-0.25, -0.2) is 10.0 Å². The molecule has 2 rings (SSSR count). The first-order valence-electron chi connectivity index (χ1n) is 10.7. The lowest BCUT2D eigenvalue weighted by Crippen LogP contribution is -2.43. The summed E-state index contributed by atoms with van der Waals surface area (Å²) in [6, 6.07) is 9.94. The highest BCUT2D eigenvalue weighted by Gasteiger charge is 2.20. The molecule has 2 aromatic rings. The van der Waals surface area contributed by atoms with E-state index < -0.39 is 11.8 Å². The number of hydrogen-bond acceptors (Lipinski definition) is 7. The maximum absolute atomic E-state index is 12.5. The number of benzene rings is 1. The smallest absolute Gasteiger partial charge is 0.252 e. The van der Waals surface area contributed by atoms with Gasteiger partial charge >= 0.3 is 0 Å². The van der Waals surface area contributed by atoms with E-state index in [9.17, 15) is 19.6 Å². The molecule has 1 heterocycles. The summed E-state index contributed by atoms with van der Waals surface area (Å²) >= 11 is 0. The van der Waals surface area contributed by atoms with E-state index in [4.69, 9.17) is 9.47 Å². The highest BCUT2D eigenvalue weighted by atomic mass is 16.5. The van der Waals surface area contributed by atoms with Crippen LogP contribution in [0.25, 0.3) is 0 Å². The molecule has 0 saturated heterocycles. The Morgan fingerprint density at radius 1 is 1.18 bits per heavy atom.